The monoisotopic (exact) mass is 218 g/mol. The fourth-order valence-corrected chi connectivity index (χ4v) is 2.31. The van der Waals surface area contributed by atoms with E-state index in [4.69, 9.17) is 11.6 Å². The van der Waals surface area contributed by atoms with Gasteiger partial charge in [-0.25, -0.2) is 0 Å². The van der Waals surface area contributed by atoms with E-state index < -0.39 is 0 Å². The van der Waals surface area contributed by atoms with Crippen LogP contribution in [0.2, 0.25) is 0 Å². The first-order chi connectivity index (χ1) is 6.68. The minimum absolute atomic E-state index is 0.282. The summed E-state index contributed by atoms with van der Waals surface area (Å²) >= 11 is 5.93. The van der Waals surface area contributed by atoms with E-state index in [0.717, 1.165) is 13.0 Å². The predicted molar refractivity (Wildman–Crippen MR) is 63.1 cm³/mol. The molecule has 0 saturated carbocycles. The second-order valence-corrected chi connectivity index (χ2v) is 5.17. The lowest BCUT2D eigenvalue weighted by molar-refractivity contribution is 0.327. The normalized spacial score (nSPS) is 22.5. The summed E-state index contributed by atoms with van der Waals surface area (Å²) in [6.45, 7) is 9.15. The molecule has 1 saturated heterocycles. The lowest BCUT2D eigenvalue weighted by Gasteiger charge is -2.18. The number of halogens is 1. The number of hydrogen-bond donors (Lipinski definition) is 1. The molecule has 1 fully saturated rings. The molecular weight excluding hydrogens is 196 g/mol. The van der Waals surface area contributed by atoms with Crippen LogP contribution in [0.3, 0.4) is 0 Å². The molecule has 0 amide bonds. The average molecular weight is 219 g/mol. The van der Waals surface area contributed by atoms with Crippen molar-refractivity contribution >= 4 is 11.6 Å². The van der Waals surface area contributed by atoms with Crippen LogP contribution in [0.1, 0.15) is 33.1 Å². The molecule has 2 nitrogen and oxygen atoms in total. The van der Waals surface area contributed by atoms with E-state index in [1.807, 2.05) is 0 Å². The molecule has 1 aliphatic rings. The molecule has 0 radical (unpaired) electrons. The van der Waals surface area contributed by atoms with Gasteiger partial charge in [0, 0.05) is 24.5 Å². The summed E-state index contributed by atoms with van der Waals surface area (Å²) in [5.41, 5.74) is 0. The lowest BCUT2D eigenvalue weighted by Crippen LogP contribution is -2.35. The van der Waals surface area contributed by atoms with E-state index in [-0.39, 0.29) is 5.38 Å². The van der Waals surface area contributed by atoms with Crippen LogP contribution in [0.4, 0.5) is 0 Å². The topological polar surface area (TPSA) is 15.3 Å². The van der Waals surface area contributed by atoms with Crippen molar-refractivity contribution in [1.29, 1.82) is 0 Å². The van der Waals surface area contributed by atoms with Crippen molar-refractivity contribution in [2.75, 3.05) is 26.2 Å². The Hall–Kier alpha value is 0.210. The standard InChI is InChI=1S/C11H23ClN2/c1-10(12)9-11(2)13-5-8-14-6-3-4-7-14/h10-11,13H,3-9H2,1-2H3. The van der Waals surface area contributed by atoms with Crippen molar-refractivity contribution in [1.82, 2.24) is 10.2 Å². The van der Waals surface area contributed by atoms with E-state index in [9.17, 15) is 0 Å². The molecule has 14 heavy (non-hydrogen) atoms. The highest BCUT2D eigenvalue weighted by atomic mass is 35.5. The van der Waals surface area contributed by atoms with Crippen molar-refractivity contribution in [3.05, 3.63) is 0 Å². The molecule has 0 aromatic heterocycles. The van der Waals surface area contributed by atoms with E-state index >= 15 is 0 Å². The summed E-state index contributed by atoms with van der Waals surface area (Å²) in [6.07, 6.45) is 3.82. The van der Waals surface area contributed by atoms with Gasteiger partial charge in [0.1, 0.15) is 0 Å². The molecule has 1 rings (SSSR count). The highest BCUT2D eigenvalue weighted by molar-refractivity contribution is 6.20. The molecule has 2 atom stereocenters. The largest absolute Gasteiger partial charge is 0.313 e. The van der Waals surface area contributed by atoms with Gasteiger partial charge in [0.05, 0.1) is 0 Å². The van der Waals surface area contributed by atoms with Crippen molar-refractivity contribution in [2.24, 2.45) is 0 Å². The Morgan fingerprint density at radius 2 is 1.93 bits per heavy atom. The Kier molecular flexibility index (Phi) is 5.83. The van der Waals surface area contributed by atoms with Gasteiger partial charge in [-0.3, -0.25) is 0 Å². The van der Waals surface area contributed by atoms with Crippen LogP contribution in [0.15, 0.2) is 0 Å². The molecule has 84 valence electrons. The second kappa shape index (κ2) is 6.65. The number of rotatable bonds is 6. The maximum absolute atomic E-state index is 5.93. The number of likely N-dealkylation sites (tertiary alicyclic amines) is 1. The van der Waals surface area contributed by atoms with Crippen molar-refractivity contribution in [3.8, 4) is 0 Å². The van der Waals surface area contributed by atoms with Crippen molar-refractivity contribution in [3.63, 3.8) is 0 Å². The van der Waals surface area contributed by atoms with Gasteiger partial charge in [0.2, 0.25) is 0 Å². The molecule has 0 aromatic carbocycles. The van der Waals surface area contributed by atoms with E-state index in [2.05, 4.69) is 24.1 Å². The third kappa shape index (κ3) is 5.18. The molecule has 0 aromatic rings. The van der Waals surface area contributed by atoms with Gasteiger partial charge >= 0.3 is 0 Å². The summed E-state index contributed by atoms with van der Waals surface area (Å²) in [5, 5.41) is 3.80. The van der Waals surface area contributed by atoms with Gasteiger partial charge in [0.25, 0.3) is 0 Å². The Morgan fingerprint density at radius 3 is 2.50 bits per heavy atom. The zero-order valence-corrected chi connectivity index (χ0v) is 10.2. The van der Waals surface area contributed by atoms with Crippen LogP contribution in [0, 0.1) is 0 Å². The van der Waals surface area contributed by atoms with E-state index in [1.165, 1.54) is 32.5 Å². The van der Waals surface area contributed by atoms with Gasteiger partial charge in [0.15, 0.2) is 0 Å². The summed E-state index contributed by atoms with van der Waals surface area (Å²) in [6, 6.07) is 0.546. The fraction of sp³-hybridized carbons (Fsp3) is 1.00. The maximum atomic E-state index is 5.93. The van der Waals surface area contributed by atoms with Crippen LogP contribution in [-0.4, -0.2) is 42.5 Å². The summed E-state index contributed by atoms with van der Waals surface area (Å²) < 4.78 is 0. The van der Waals surface area contributed by atoms with Crippen molar-refractivity contribution in [2.45, 2.75) is 44.5 Å². The predicted octanol–water partition coefficient (Wildman–Crippen LogP) is 2.08. The van der Waals surface area contributed by atoms with Gasteiger partial charge in [-0.05, 0) is 46.2 Å². The molecule has 1 heterocycles. The molecule has 0 aliphatic carbocycles. The SMILES string of the molecule is CC(Cl)CC(C)NCCN1CCCC1. The van der Waals surface area contributed by atoms with Crippen LogP contribution in [-0.2, 0) is 0 Å². The second-order valence-electron chi connectivity index (χ2n) is 4.42. The molecule has 1 aliphatic heterocycles. The number of hydrogen-bond acceptors (Lipinski definition) is 2. The molecule has 0 spiro atoms. The van der Waals surface area contributed by atoms with Gasteiger partial charge in [-0.2, -0.15) is 0 Å². The summed E-state index contributed by atoms with van der Waals surface area (Å²) in [4.78, 5) is 2.53. The van der Waals surface area contributed by atoms with Gasteiger partial charge in [-0.15, -0.1) is 11.6 Å². The first kappa shape index (κ1) is 12.3. The Morgan fingerprint density at radius 1 is 1.29 bits per heavy atom. The number of alkyl halides is 1. The third-order valence-electron chi connectivity index (χ3n) is 2.80. The number of nitrogens with one attached hydrogen (secondary N) is 1. The van der Waals surface area contributed by atoms with Crippen molar-refractivity contribution < 1.29 is 0 Å². The zero-order valence-electron chi connectivity index (χ0n) is 9.43. The van der Waals surface area contributed by atoms with Crippen LogP contribution >= 0.6 is 11.6 Å². The smallest absolute Gasteiger partial charge is 0.0322 e. The fourth-order valence-electron chi connectivity index (χ4n) is 2.05. The summed E-state index contributed by atoms with van der Waals surface area (Å²) in [5.74, 6) is 0. The number of nitrogens with zero attached hydrogens (tertiary/aromatic N) is 1. The van der Waals surface area contributed by atoms with Crippen LogP contribution in [0.5, 0.6) is 0 Å². The third-order valence-corrected chi connectivity index (χ3v) is 2.98. The highest BCUT2D eigenvalue weighted by Gasteiger charge is 2.11. The quantitative estimate of drug-likeness (QED) is 0.687. The van der Waals surface area contributed by atoms with Crippen LogP contribution in [0.25, 0.3) is 0 Å². The first-order valence-electron chi connectivity index (χ1n) is 5.78. The van der Waals surface area contributed by atoms with E-state index in [1.54, 1.807) is 0 Å². The van der Waals surface area contributed by atoms with Gasteiger partial charge in [-0.1, -0.05) is 0 Å². The summed E-state index contributed by atoms with van der Waals surface area (Å²) in [7, 11) is 0. The molecule has 2 unspecified atom stereocenters. The minimum Gasteiger partial charge on any atom is -0.313 e. The maximum Gasteiger partial charge on any atom is 0.0322 e. The Balaban J connectivity index is 1.96. The average Bonchev–Trinajstić information content (AvgIpc) is 2.55. The molecule has 0 bridgehead atoms. The minimum atomic E-state index is 0.282. The Labute approximate surface area is 93.0 Å². The Bertz CT molecular complexity index is 144. The first-order valence-corrected chi connectivity index (χ1v) is 6.22. The molecule has 1 N–H and O–H groups in total. The van der Waals surface area contributed by atoms with Gasteiger partial charge < -0.3 is 10.2 Å². The molecular formula is C11H23ClN2. The molecule has 3 heteroatoms. The van der Waals surface area contributed by atoms with Crippen LogP contribution < -0.4 is 5.32 Å². The van der Waals surface area contributed by atoms with E-state index in [0.29, 0.717) is 6.04 Å². The highest BCUT2D eigenvalue weighted by Crippen LogP contribution is 2.06. The zero-order chi connectivity index (χ0) is 10.4. The lowest BCUT2D eigenvalue weighted by atomic mass is 10.2.